The van der Waals surface area contributed by atoms with Crippen LogP contribution in [0.4, 0.5) is 23.2 Å². The third-order valence-electron chi connectivity index (χ3n) is 6.02. The molecule has 1 fully saturated rings. The number of carbonyl (C=O) groups is 1. The number of hydrogen-bond donors (Lipinski definition) is 1. The van der Waals surface area contributed by atoms with Crippen molar-refractivity contribution in [2.45, 2.75) is 32.2 Å². The molecule has 1 aliphatic rings. The molecule has 3 aromatic carbocycles. The van der Waals surface area contributed by atoms with Gasteiger partial charge in [0, 0.05) is 43.5 Å². The Hall–Kier alpha value is -3.23. The predicted octanol–water partition coefficient (Wildman–Crippen LogP) is 5.38. The van der Waals surface area contributed by atoms with E-state index >= 15 is 0 Å². The molecule has 1 N–H and O–H groups in total. The summed E-state index contributed by atoms with van der Waals surface area (Å²) in [6.07, 6.45) is -5.03. The molecule has 184 valence electrons. The summed E-state index contributed by atoms with van der Waals surface area (Å²) < 4.78 is 54.7. The molecule has 35 heavy (non-hydrogen) atoms. The zero-order valence-corrected chi connectivity index (χ0v) is 19.4. The van der Waals surface area contributed by atoms with Gasteiger partial charge in [0.25, 0.3) is 0 Å². The van der Waals surface area contributed by atoms with Gasteiger partial charge in [-0.15, -0.1) is 0 Å². The zero-order chi connectivity index (χ0) is 25.0. The molecule has 4 nitrogen and oxygen atoms in total. The van der Waals surface area contributed by atoms with Gasteiger partial charge in [0.1, 0.15) is 5.82 Å². The first kappa shape index (κ1) is 24.9. The highest BCUT2D eigenvalue weighted by Crippen LogP contribution is 2.29. The Balaban J connectivity index is 1.60. The molecular weight excluding hydrogens is 458 g/mol. The minimum absolute atomic E-state index is 0.118. The third kappa shape index (κ3) is 6.26. The molecule has 1 heterocycles. The van der Waals surface area contributed by atoms with E-state index in [9.17, 15) is 22.4 Å². The van der Waals surface area contributed by atoms with Gasteiger partial charge in [-0.3, -0.25) is 9.69 Å². The number of carbonyl (C=O) groups excluding carboxylic acids is 1. The van der Waals surface area contributed by atoms with Crippen molar-refractivity contribution in [1.82, 2.24) is 10.2 Å². The van der Waals surface area contributed by atoms with E-state index in [1.807, 2.05) is 18.2 Å². The van der Waals surface area contributed by atoms with Crippen molar-refractivity contribution in [3.05, 3.63) is 89.7 Å². The Morgan fingerprint density at radius 1 is 1.03 bits per heavy atom. The number of alkyl halides is 3. The van der Waals surface area contributed by atoms with Crippen LogP contribution in [0.3, 0.4) is 0 Å². The van der Waals surface area contributed by atoms with Gasteiger partial charge in [-0.05, 0) is 53.9 Å². The van der Waals surface area contributed by atoms with Crippen LogP contribution in [0.1, 0.15) is 18.1 Å². The van der Waals surface area contributed by atoms with E-state index < -0.39 is 17.9 Å². The molecule has 0 aromatic heterocycles. The summed E-state index contributed by atoms with van der Waals surface area (Å²) in [5.74, 6) is -2.45. The van der Waals surface area contributed by atoms with Gasteiger partial charge in [-0.1, -0.05) is 42.5 Å². The molecule has 0 saturated carbocycles. The monoisotopic (exact) mass is 485 g/mol. The topological polar surface area (TPSA) is 35.6 Å². The van der Waals surface area contributed by atoms with E-state index in [1.54, 1.807) is 24.3 Å². The number of amides is 1. The van der Waals surface area contributed by atoms with Gasteiger partial charge < -0.3 is 10.2 Å². The standard InChI is InChI=1S/C27H27F4N3O/c1-19-16-33(13-12-32-19)17-20-6-5-7-22(14-20)24-15-21(10-11-25(24)28)18-34(26(35)27(29,30)31)23-8-3-2-4-9-23/h2-11,14-15,19,32H,12-13,16-18H2,1H3/t19-/m0/s1. The maximum atomic E-state index is 14.8. The van der Waals surface area contributed by atoms with Crippen molar-refractivity contribution in [2.75, 3.05) is 24.5 Å². The Morgan fingerprint density at radius 2 is 1.80 bits per heavy atom. The minimum Gasteiger partial charge on any atom is -0.312 e. The van der Waals surface area contributed by atoms with E-state index in [-0.39, 0.29) is 17.8 Å². The smallest absolute Gasteiger partial charge is 0.312 e. The number of nitrogens with one attached hydrogen (secondary N) is 1. The van der Waals surface area contributed by atoms with E-state index in [0.717, 1.165) is 31.7 Å². The second-order valence-corrected chi connectivity index (χ2v) is 8.83. The van der Waals surface area contributed by atoms with Crippen molar-refractivity contribution in [1.29, 1.82) is 0 Å². The third-order valence-corrected chi connectivity index (χ3v) is 6.02. The lowest BCUT2D eigenvalue weighted by Gasteiger charge is -2.31. The summed E-state index contributed by atoms with van der Waals surface area (Å²) in [5, 5.41) is 3.40. The average Bonchev–Trinajstić information content (AvgIpc) is 2.83. The van der Waals surface area contributed by atoms with Crippen LogP contribution >= 0.6 is 0 Å². The predicted molar refractivity (Wildman–Crippen MR) is 128 cm³/mol. The first-order chi connectivity index (χ1) is 16.7. The van der Waals surface area contributed by atoms with E-state index in [4.69, 9.17) is 0 Å². The SMILES string of the molecule is C[C@H]1CN(Cc2cccc(-c3cc(CN(C(=O)C(F)(F)F)c4ccccc4)ccc3F)c2)CCN1. The fourth-order valence-corrected chi connectivity index (χ4v) is 4.37. The van der Waals surface area contributed by atoms with Crippen LogP contribution in [0.2, 0.25) is 0 Å². The van der Waals surface area contributed by atoms with Gasteiger partial charge in [0.15, 0.2) is 0 Å². The Kier molecular flexibility index (Phi) is 7.52. The van der Waals surface area contributed by atoms with Gasteiger partial charge in [0.05, 0.1) is 6.54 Å². The van der Waals surface area contributed by atoms with Crippen LogP contribution in [0.25, 0.3) is 11.1 Å². The zero-order valence-electron chi connectivity index (χ0n) is 19.4. The van der Waals surface area contributed by atoms with E-state index in [1.165, 1.54) is 30.3 Å². The highest BCUT2D eigenvalue weighted by atomic mass is 19.4. The fraction of sp³-hybridized carbons (Fsp3) is 0.296. The van der Waals surface area contributed by atoms with Gasteiger partial charge in [-0.25, -0.2) is 4.39 Å². The number of halogens is 4. The number of rotatable bonds is 6. The maximum absolute atomic E-state index is 14.8. The van der Waals surface area contributed by atoms with Gasteiger partial charge >= 0.3 is 12.1 Å². The summed E-state index contributed by atoms with van der Waals surface area (Å²) in [7, 11) is 0. The highest BCUT2D eigenvalue weighted by molar-refractivity contribution is 5.97. The second kappa shape index (κ2) is 10.6. The first-order valence-electron chi connectivity index (χ1n) is 11.5. The number of anilines is 1. The molecule has 4 rings (SSSR count). The van der Waals surface area contributed by atoms with E-state index in [2.05, 4.69) is 17.1 Å². The minimum atomic E-state index is -5.03. The lowest BCUT2D eigenvalue weighted by molar-refractivity contribution is -0.170. The van der Waals surface area contributed by atoms with Crippen molar-refractivity contribution in [2.24, 2.45) is 0 Å². The average molecular weight is 486 g/mol. The Bertz CT molecular complexity index is 1170. The molecule has 3 aromatic rings. The summed E-state index contributed by atoms with van der Waals surface area (Å²) in [6.45, 7) is 5.26. The van der Waals surface area contributed by atoms with E-state index in [0.29, 0.717) is 22.1 Å². The van der Waals surface area contributed by atoms with Gasteiger partial charge in [-0.2, -0.15) is 13.2 Å². The molecule has 0 bridgehead atoms. The van der Waals surface area contributed by atoms with Crippen LogP contribution in [0.15, 0.2) is 72.8 Å². The first-order valence-corrected chi connectivity index (χ1v) is 11.5. The molecule has 1 saturated heterocycles. The number of nitrogens with zero attached hydrogens (tertiary/aromatic N) is 2. The maximum Gasteiger partial charge on any atom is 0.471 e. The van der Waals surface area contributed by atoms with Crippen molar-refractivity contribution in [3.63, 3.8) is 0 Å². The number of piperazine rings is 1. The van der Waals surface area contributed by atoms with Gasteiger partial charge in [0.2, 0.25) is 0 Å². The Morgan fingerprint density at radius 3 is 2.51 bits per heavy atom. The number of para-hydroxylation sites is 1. The van der Waals surface area contributed by atoms with Crippen molar-refractivity contribution in [3.8, 4) is 11.1 Å². The number of hydrogen-bond acceptors (Lipinski definition) is 3. The molecule has 1 atom stereocenters. The lowest BCUT2D eigenvalue weighted by Crippen LogP contribution is -2.48. The summed E-state index contributed by atoms with van der Waals surface area (Å²) >= 11 is 0. The lowest BCUT2D eigenvalue weighted by atomic mass is 9.99. The van der Waals surface area contributed by atoms with Crippen LogP contribution in [-0.2, 0) is 17.9 Å². The van der Waals surface area contributed by atoms with Crippen LogP contribution in [-0.4, -0.2) is 42.7 Å². The molecule has 1 amide bonds. The largest absolute Gasteiger partial charge is 0.471 e. The molecule has 1 aliphatic heterocycles. The van der Waals surface area contributed by atoms with Crippen molar-refractivity contribution < 1.29 is 22.4 Å². The summed E-state index contributed by atoms with van der Waals surface area (Å²) in [6, 6.07) is 19.7. The van der Waals surface area contributed by atoms with Crippen LogP contribution in [0.5, 0.6) is 0 Å². The summed E-state index contributed by atoms with van der Waals surface area (Å²) in [5.41, 5.74) is 2.46. The molecular formula is C27H27F4N3O. The second-order valence-electron chi connectivity index (χ2n) is 8.83. The number of benzene rings is 3. The van der Waals surface area contributed by atoms with Crippen molar-refractivity contribution >= 4 is 11.6 Å². The molecule has 8 heteroatoms. The van der Waals surface area contributed by atoms with Crippen LogP contribution in [0, 0.1) is 5.82 Å². The normalized spacial score (nSPS) is 16.8. The fourth-order valence-electron chi connectivity index (χ4n) is 4.37. The molecule has 0 unspecified atom stereocenters. The van der Waals surface area contributed by atoms with Crippen LogP contribution < -0.4 is 10.2 Å². The molecule has 0 spiro atoms. The quantitative estimate of drug-likeness (QED) is 0.476. The molecule has 0 radical (unpaired) electrons. The highest BCUT2D eigenvalue weighted by Gasteiger charge is 2.43. The summed E-state index contributed by atoms with van der Waals surface area (Å²) in [4.78, 5) is 15.2. The molecule has 0 aliphatic carbocycles. The Labute approximate surface area is 202 Å².